The van der Waals surface area contributed by atoms with E-state index in [2.05, 4.69) is 20.3 Å². The summed E-state index contributed by atoms with van der Waals surface area (Å²) in [5.41, 5.74) is 1.58. The fraction of sp³-hybridized carbons (Fsp3) is 0.464. The summed E-state index contributed by atoms with van der Waals surface area (Å²) in [5, 5.41) is 3.29. The average Bonchev–Trinajstić information content (AvgIpc) is 3.66. The number of hydrogen-bond acceptors (Lipinski definition) is 15. The summed E-state index contributed by atoms with van der Waals surface area (Å²) < 4.78 is 31.4. The van der Waals surface area contributed by atoms with Crippen LogP contribution in [0.3, 0.4) is 0 Å². The molecule has 0 aliphatic carbocycles. The number of nitrogens with one attached hydrogen (secondary N) is 1. The molecule has 4 aromatic rings. The van der Waals surface area contributed by atoms with Crippen LogP contribution in [0.4, 0.5) is 5.82 Å². The van der Waals surface area contributed by atoms with Gasteiger partial charge in [-0.3, -0.25) is 19.0 Å². The summed E-state index contributed by atoms with van der Waals surface area (Å²) in [7, 11) is 0. The molecule has 1 N–H and O–H groups in total. The molecule has 1 aromatic carbocycles. The predicted molar refractivity (Wildman–Crippen MR) is 167 cm³/mol. The van der Waals surface area contributed by atoms with Gasteiger partial charge in [0, 0.05) is 32.6 Å². The highest BCUT2D eigenvalue weighted by atomic mass is 35.5. The first kappa shape index (κ1) is 32.7. The number of carbonyl (C=O) groups excluding carboxylic acids is 3. The second-order valence-corrected chi connectivity index (χ2v) is 12.7. The van der Waals surface area contributed by atoms with Gasteiger partial charge in [0.05, 0.1) is 23.2 Å². The van der Waals surface area contributed by atoms with Crippen molar-refractivity contribution in [2.75, 3.05) is 24.3 Å². The molecule has 45 heavy (non-hydrogen) atoms. The monoisotopic (exact) mass is 678 g/mol. The highest BCUT2D eigenvalue weighted by molar-refractivity contribution is 8.01. The minimum atomic E-state index is -1.11. The Morgan fingerprint density at radius 2 is 1.87 bits per heavy atom. The SMILES string of the molecule is CCOc1ccc2nc(SC[C@@H](C)Nc3nc(Cl)nc4c3ncn4[C@@H]3O[C@H](COC(C)=O)[C@@H](OC(C)=O)[C@H]3OC(C)=O)sc2c1. The fourth-order valence-corrected chi connectivity index (χ4v) is 7.00. The molecule has 1 fully saturated rings. The third-order valence-corrected chi connectivity index (χ3v) is 9.09. The number of thiazole rings is 1. The molecule has 5 rings (SSSR count). The predicted octanol–water partition coefficient (Wildman–Crippen LogP) is 4.40. The van der Waals surface area contributed by atoms with Gasteiger partial charge in [-0.05, 0) is 43.6 Å². The lowest BCUT2D eigenvalue weighted by Gasteiger charge is -2.23. The highest BCUT2D eigenvalue weighted by Crippen LogP contribution is 2.37. The molecular formula is C28H31ClN6O8S2. The van der Waals surface area contributed by atoms with E-state index in [0.717, 1.165) is 20.3 Å². The third-order valence-electron chi connectivity index (χ3n) is 6.50. The van der Waals surface area contributed by atoms with E-state index in [0.29, 0.717) is 23.7 Å². The molecule has 1 saturated heterocycles. The molecule has 0 bridgehead atoms. The van der Waals surface area contributed by atoms with E-state index in [1.807, 2.05) is 32.0 Å². The van der Waals surface area contributed by atoms with Crippen molar-refractivity contribution in [3.8, 4) is 5.75 Å². The van der Waals surface area contributed by atoms with Crippen molar-refractivity contribution in [1.29, 1.82) is 0 Å². The van der Waals surface area contributed by atoms with Crippen LogP contribution >= 0.6 is 34.7 Å². The zero-order valence-corrected chi connectivity index (χ0v) is 27.4. The molecule has 240 valence electrons. The fourth-order valence-electron chi connectivity index (χ4n) is 4.77. The Kier molecular flexibility index (Phi) is 10.3. The smallest absolute Gasteiger partial charge is 0.303 e. The molecule has 17 heteroatoms. The second-order valence-electron chi connectivity index (χ2n) is 10.1. The van der Waals surface area contributed by atoms with E-state index in [1.165, 1.54) is 31.7 Å². The first-order valence-corrected chi connectivity index (χ1v) is 16.2. The Morgan fingerprint density at radius 1 is 1.11 bits per heavy atom. The molecule has 1 aliphatic rings. The van der Waals surface area contributed by atoms with Crippen molar-refractivity contribution in [3.63, 3.8) is 0 Å². The number of fused-ring (bicyclic) bond motifs is 2. The maximum absolute atomic E-state index is 12.1. The molecule has 0 amide bonds. The number of imidazole rings is 1. The van der Waals surface area contributed by atoms with E-state index >= 15 is 0 Å². The minimum absolute atomic E-state index is 0.0575. The Bertz CT molecular complexity index is 1720. The molecule has 0 unspecified atom stereocenters. The van der Waals surface area contributed by atoms with E-state index in [9.17, 15) is 14.4 Å². The Labute approximate surface area is 271 Å². The molecule has 0 radical (unpaired) electrons. The third kappa shape index (κ3) is 7.74. The number of thioether (sulfide) groups is 1. The van der Waals surface area contributed by atoms with Crippen molar-refractivity contribution in [2.24, 2.45) is 0 Å². The maximum atomic E-state index is 12.1. The van der Waals surface area contributed by atoms with Crippen LogP contribution in [0.5, 0.6) is 5.75 Å². The minimum Gasteiger partial charge on any atom is -0.494 e. The van der Waals surface area contributed by atoms with E-state index in [1.54, 1.807) is 23.1 Å². The van der Waals surface area contributed by atoms with Crippen LogP contribution in [-0.2, 0) is 33.3 Å². The number of rotatable bonds is 12. The summed E-state index contributed by atoms with van der Waals surface area (Å²) in [4.78, 5) is 53.5. The number of aromatic nitrogens is 5. The van der Waals surface area contributed by atoms with Crippen molar-refractivity contribution >= 4 is 79.8 Å². The summed E-state index contributed by atoms with van der Waals surface area (Å²) in [6.07, 6.45) is -2.72. The van der Waals surface area contributed by atoms with Gasteiger partial charge in [0.2, 0.25) is 5.28 Å². The number of hydrogen-bond donors (Lipinski definition) is 1. The Morgan fingerprint density at radius 3 is 2.58 bits per heavy atom. The van der Waals surface area contributed by atoms with Crippen LogP contribution in [-0.4, -0.2) is 85.7 Å². The summed E-state index contributed by atoms with van der Waals surface area (Å²) in [6, 6.07) is 5.77. The lowest BCUT2D eigenvalue weighted by molar-refractivity contribution is -0.166. The van der Waals surface area contributed by atoms with Crippen molar-refractivity contribution in [2.45, 2.75) is 69.5 Å². The van der Waals surface area contributed by atoms with Gasteiger partial charge in [-0.1, -0.05) is 11.8 Å². The van der Waals surface area contributed by atoms with E-state index in [4.69, 9.17) is 40.3 Å². The number of carbonyl (C=O) groups is 3. The number of nitrogens with zero attached hydrogens (tertiary/aromatic N) is 5. The van der Waals surface area contributed by atoms with Crippen LogP contribution in [0.1, 0.15) is 40.8 Å². The first-order chi connectivity index (χ1) is 21.5. The molecule has 0 saturated carbocycles. The number of anilines is 1. The first-order valence-electron chi connectivity index (χ1n) is 14.0. The molecule has 5 atom stereocenters. The number of ether oxygens (including phenoxy) is 5. The number of esters is 3. The molecule has 1 aliphatic heterocycles. The van der Waals surface area contributed by atoms with Crippen molar-refractivity contribution < 1.29 is 38.1 Å². The van der Waals surface area contributed by atoms with Crippen molar-refractivity contribution in [3.05, 3.63) is 29.8 Å². The van der Waals surface area contributed by atoms with Gasteiger partial charge in [-0.2, -0.15) is 9.97 Å². The van der Waals surface area contributed by atoms with Gasteiger partial charge in [0.1, 0.15) is 18.5 Å². The highest BCUT2D eigenvalue weighted by Gasteiger charge is 2.51. The van der Waals surface area contributed by atoms with Crippen LogP contribution in [0.25, 0.3) is 21.4 Å². The summed E-state index contributed by atoms with van der Waals surface area (Å²) in [5.74, 6) is 0.0411. The van der Waals surface area contributed by atoms with Gasteiger partial charge in [-0.15, -0.1) is 11.3 Å². The van der Waals surface area contributed by atoms with Crippen LogP contribution in [0, 0.1) is 0 Å². The lowest BCUT2D eigenvalue weighted by Crippen LogP contribution is -2.40. The van der Waals surface area contributed by atoms with Crippen molar-refractivity contribution in [1.82, 2.24) is 24.5 Å². The van der Waals surface area contributed by atoms with Crippen LogP contribution in [0.15, 0.2) is 28.9 Å². The molecular weight excluding hydrogens is 648 g/mol. The van der Waals surface area contributed by atoms with Gasteiger partial charge in [0.15, 0.2) is 39.8 Å². The Balaban J connectivity index is 1.36. The van der Waals surface area contributed by atoms with Gasteiger partial charge in [-0.25, -0.2) is 9.97 Å². The zero-order chi connectivity index (χ0) is 32.2. The van der Waals surface area contributed by atoms with Gasteiger partial charge in [0.25, 0.3) is 0 Å². The standard InChI is InChI=1S/C28H31ClN6O8S2/c1-6-39-17-7-8-18-20(9-17)45-28(32-18)44-11-13(2)31-24-21-25(34-27(29)33-24)35(12-30-21)26-23(42-16(5)38)22(41-15(4)37)19(43-26)10-40-14(3)36/h7-9,12-13,19,22-23,26H,6,10-11H2,1-5H3,(H,31,33,34)/t13-,19-,22-,23-,26-/m1/s1. The normalized spacial score (nSPS) is 20.2. The summed E-state index contributed by atoms with van der Waals surface area (Å²) >= 11 is 9.54. The van der Waals surface area contributed by atoms with E-state index < -0.39 is 42.4 Å². The van der Waals surface area contributed by atoms with Gasteiger partial charge < -0.3 is 29.0 Å². The average molecular weight is 679 g/mol. The lowest BCUT2D eigenvalue weighted by atomic mass is 10.1. The molecule has 14 nitrogen and oxygen atoms in total. The molecule has 3 aromatic heterocycles. The Hall–Kier alpha value is -3.73. The van der Waals surface area contributed by atoms with Gasteiger partial charge >= 0.3 is 17.9 Å². The molecule has 4 heterocycles. The van der Waals surface area contributed by atoms with Crippen LogP contribution < -0.4 is 10.1 Å². The largest absolute Gasteiger partial charge is 0.494 e. The summed E-state index contributed by atoms with van der Waals surface area (Å²) in [6.45, 7) is 7.97. The maximum Gasteiger partial charge on any atom is 0.303 e. The van der Waals surface area contributed by atoms with Crippen LogP contribution in [0.2, 0.25) is 5.28 Å². The quantitative estimate of drug-likeness (QED) is 0.0969. The number of benzene rings is 1. The number of halogens is 1. The zero-order valence-electron chi connectivity index (χ0n) is 25.0. The second kappa shape index (κ2) is 14.1. The molecule has 0 spiro atoms. The van der Waals surface area contributed by atoms with E-state index in [-0.39, 0.29) is 23.6 Å². The topological polar surface area (TPSA) is 166 Å².